The van der Waals surface area contributed by atoms with Crippen LogP contribution in [0.2, 0.25) is 5.02 Å². The Bertz CT molecular complexity index is 751. The zero-order valence-corrected chi connectivity index (χ0v) is 15.0. The molecule has 1 unspecified atom stereocenters. The zero-order valence-electron chi connectivity index (χ0n) is 14.2. The van der Waals surface area contributed by atoms with Crippen LogP contribution in [0, 0.1) is 11.8 Å². The van der Waals surface area contributed by atoms with Crippen molar-refractivity contribution in [3.63, 3.8) is 0 Å². The molecular formula is C21H23ClN2O. The third-order valence-corrected chi connectivity index (χ3v) is 5.82. The molecule has 1 atom stereocenters. The smallest absolute Gasteiger partial charge is 0.228 e. The molecule has 4 rings (SSSR count). The average molecular weight is 355 g/mol. The van der Waals surface area contributed by atoms with Gasteiger partial charge in [0.2, 0.25) is 5.91 Å². The minimum absolute atomic E-state index is 0.118. The maximum Gasteiger partial charge on any atom is 0.228 e. The van der Waals surface area contributed by atoms with Gasteiger partial charge in [0.15, 0.2) is 0 Å². The fraction of sp³-hybridized carbons (Fsp3) is 0.381. The predicted octanol–water partition coefficient (Wildman–Crippen LogP) is 4.36. The number of rotatable bonds is 3. The lowest BCUT2D eigenvalue weighted by Gasteiger charge is -2.37. The number of likely N-dealkylation sites (tertiary alicyclic amines) is 1. The Balaban J connectivity index is 1.36. The van der Waals surface area contributed by atoms with Crippen molar-refractivity contribution in [2.45, 2.75) is 25.8 Å². The molecular weight excluding hydrogens is 332 g/mol. The van der Waals surface area contributed by atoms with Crippen LogP contribution in [-0.2, 0) is 17.8 Å². The van der Waals surface area contributed by atoms with E-state index in [0.717, 1.165) is 49.6 Å². The van der Waals surface area contributed by atoms with E-state index in [1.165, 1.54) is 11.1 Å². The first-order chi connectivity index (χ1) is 12.2. The number of halogens is 1. The molecule has 2 aromatic carbocycles. The monoisotopic (exact) mass is 354 g/mol. The van der Waals surface area contributed by atoms with Crippen molar-refractivity contribution in [2.75, 3.05) is 18.4 Å². The molecule has 0 spiro atoms. The normalized spacial score (nSPS) is 21.6. The van der Waals surface area contributed by atoms with Gasteiger partial charge < -0.3 is 5.32 Å². The van der Waals surface area contributed by atoms with E-state index in [4.69, 9.17) is 11.6 Å². The molecule has 25 heavy (non-hydrogen) atoms. The molecule has 2 aliphatic heterocycles. The summed E-state index contributed by atoms with van der Waals surface area (Å²) in [6.07, 6.45) is 3.06. The van der Waals surface area contributed by atoms with Crippen LogP contribution in [0.5, 0.6) is 0 Å². The van der Waals surface area contributed by atoms with Gasteiger partial charge in [0, 0.05) is 23.2 Å². The number of fused-ring (bicyclic) bond motifs is 1. The van der Waals surface area contributed by atoms with Gasteiger partial charge in [-0.3, -0.25) is 9.69 Å². The van der Waals surface area contributed by atoms with Gasteiger partial charge in [-0.1, -0.05) is 41.9 Å². The molecule has 0 aliphatic carbocycles. The summed E-state index contributed by atoms with van der Waals surface area (Å²) in [5, 5.41) is 3.88. The molecule has 2 aliphatic rings. The number of amides is 1. The lowest BCUT2D eigenvalue weighted by atomic mass is 9.78. The lowest BCUT2D eigenvalue weighted by Crippen LogP contribution is -2.41. The standard InChI is InChI=1S/C21H23ClN2O/c22-18-7-5-15(6-8-18)14-24-11-9-16(10-12-24)19-13-17-3-1-2-4-20(17)23-21(19)25/h1-8,16,19H,9-14H2,(H,23,25). The fourth-order valence-electron chi connectivity index (χ4n) is 4.12. The Hall–Kier alpha value is -1.84. The number of nitrogens with zero attached hydrogens (tertiary/aromatic N) is 1. The molecule has 2 aromatic rings. The van der Waals surface area contributed by atoms with E-state index in [1.54, 1.807) is 0 Å². The van der Waals surface area contributed by atoms with Crippen molar-refractivity contribution < 1.29 is 4.79 Å². The van der Waals surface area contributed by atoms with Gasteiger partial charge in [0.25, 0.3) is 0 Å². The Morgan fingerprint density at radius 1 is 1.04 bits per heavy atom. The van der Waals surface area contributed by atoms with Gasteiger partial charge in [-0.2, -0.15) is 0 Å². The summed E-state index contributed by atoms with van der Waals surface area (Å²) in [5.74, 6) is 0.803. The van der Waals surface area contributed by atoms with Crippen LogP contribution in [0.3, 0.4) is 0 Å². The number of para-hydroxylation sites is 1. The minimum Gasteiger partial charge on any atom is -0.326 e. The van der Waals surface area contributed by atoms with Gasteiger partial charge >= 0.3 is 0 Å². The number of nitrogens with one attached hydrogen (secondary N) is 1. The van der Waals surface area contributed by atoms with Crippen molar-refractivity contribution in [1.29, 1.82) is 0 Å². The largest absolute Gasteiger partial charge is 0.326 e. The number of hydrogen-bond acceptors (Lipinski definition) is 2. The molecule has 1 saturated heterocycles. The summed E-state index contributed by atoms with van der Waals surface area (Å²) in [4.78, 5) is 15.0. The molecule has 1 amide bonds. The van der Waals surface area contributed by atoms with E-state index in [9.17, 15) is 4.79 Å². The molecule has 3 nitrogen and oxygen atoms in total. The summed E-state index contributed by atoms with van der Waals surface area (Å²) in [5.41, 5.74) is 3.56. The van der Waals surface area contributed by atoms with Crippen molar-refractivity contribution in [3.05, 3.63) is 64.7 Å². The molecule has 1 fully saturated rings. The van der Waals surface area contributed by atoms with E-state index in [0.29, 0.717) is 5.92 Å². The fourth-order valence-corrected chi connectivity index (χ4v) is 4.24. The predicted molar refractivity (Wildman–Crippen MR) is 102 cm³/mol. The topological polar surface area (TPSA) is 32.3 Å². The first-order valence-electron chi connectivity index (χ1n) is 9.04. The summed E-state index contributed by atoms with van der Waals surface area (Å²) in [7, 11) is 0. The first kappa shape index (κ1) is 16.6. The number of anilines is 1. The first-order valence-corrected chi connectivity index (χ1v) is 9.42. The highest BCUT2D eigenvalue weighted by molar-refractivity contribution is 6.30. The Kier molecular flexibility index (Phi) is 4.78. The van der Waals surface area contributed by atoms with E-state index in [-0.39, 0.29) is 11.8 Å². The number of hydrogen-bond donors (Lipinski definition) is 1. The van der Waals surface area contributed by atoms with Crippen molar-refractivity contribution in [3.8, 4) is 0 Å². The minimum atomic E-state index is 0.118. The van der Waals surface area contributed by atoms with E-state index >= 15 is 0 Å². The second kappa shape index (κ2) is 7.19. The highest BCUT2D eigenvalue weighted by Crippen LogP contribution is 2.34. The zero-order chi connectivity index (χ0) is 17.2. The molecule has 4 heteroatoms. The second-order valence-corrected chi connectivity index (χ2v) is 7.63. The molecule has 0 saturated carbocycles. The number of benzene rings is 2. The van der Waals surface area contributed by atoms with Crippen molar-refractivity contribution >= 4 is 23.2 Å². The van der Waals surface area contributed by atoms with Gasteiger partial charge in [-0.15, -0.1) is 0 Å². The molecule has 0 bridgehead atoms. The van der Waals surface area contributed by atoms with Crippen LogP contribution < -0.4 is 5.32 Å². The SMILES string of the molecule is O=C1Nc2ccccc2CC1C1CCN(Cc2ccc(Cl)cc2)CC1. The van der Waals surface area contributed by atoms with E-state index < -0.39 is 0 Å². The Labute approximate surface area is 154 Å². The second-order valence-electron chi connectivity index (χ2n) is 7.20. The molecule has 0 aromatic heterocycles. The molecule has 1 N–H and O–H groups in total. The third kappa shape index (κ3) is 3.73. The van der Waals surface area contributed by atoms with Gasteiger partial charge in [0.05, 0.1) is 0 Å². The van der Waals surface area contributed by atoms with Crippen molar-refractivity contribution in [2.24, 2.45) is 11.8 Å². The molecule has 0 radical (unpaired) electrons. The van der Waals surface area contributed by atoms with Crippen LogP contribution in [0.1, 0.15) is 24.0 Å². The van der Waals surface area contributed by atoms with Crippen LogP contribution in [0.15, 0.2) is 48.5 Å². The van der Waals surface area contributed by atoms with Gasteiger partial charge in [0.1, 0.15) is 0 Å². The van der Waals surface area contributed by atoms with Gasteiger partial charge in [-0.05, 0) is 67.6 Å². The summed E-state index contributed by atoms with van der Waals surface area (Å²) in [6.45, 7) is 3.07. The quantitative estimate of drug-likeness (QED) is 0.888. The lowest BCUT2D eigenvalue weighted by molar-refractivity contribution is -0.122. The Morgan fingerprint density at radius 3 is 2.52 bits per heavy atom. The summed E-state index contributed by atoms with van der Waals surface area (Å²) in [6, 6.07) is 16.3. The van der Waals surface area contributed by atoms with Crippen molar-refractivity contribution in [1.82, 2.24) is 4.90 Å². The maximum absolute atomic E-state index is 12.5. The number of piperidine rings is 1. The highest BCUT2D eigenvalue weighted by atomic mass is 35.5. The van der Waals surface area contributed by atoms with Crippen LogP contribution in [0.25, 0.3) is 0 Å². The summed E-state index contributed by atoms with van der Waals surface area (Å²) < 4.78 is 0. The third-order valence-electron chi connectivity index (χ3n) is 5.57. The van der Waals surface area contributed by atoms with Gasteiger partial charge in [-0.25, -0.2) is 0 Å². The maximum atomic E-state index is 12.5. The summed E-state index contributed by atoms with van der Waals surface area (Å²) >= 11 is 5.96. The number of carbonyl (C=O) groups is 1. The number of carbonyl (C=O) groups excluding carboxylic acids is 1. The van der Waals surface area contributed by atoms with Crippen LogP contribution >= 0.6 is 11.6 Å². The van der Waals surface area contributed by atoms with E-state index in [2.05, 4.69) is 34.5 Å². The van der Waals surface area contributed by atoms with Crippen LogP contribution in [0.4, 0.5) is 5.69 Å². The highest BCUT2D eigenvalue weighted by Gasteiger charge is 2.34. The molecule has 2 heterocycles. The average Bonchev–Trinajstić information content (AvgIpc) is 2.64. The van der Waals surface area contributed by atoms with E-state index in [1.807, 2.05) is 24.3 Å². The van der Waals surface area contributed by atoms with Crippen LogP contribution in [-0.4, -0.2) is 23.9 Å². The molecule has 130 valence electrons. The Morgan fingerprint density at radius 2 is 1.76 bits per heavy atom.